The second-order valence-corrected chi connectivity index (χ2v) is 6.01. The summed E-state index contributed by atoms with van der Waals surface area (Å²) in [6.45, 7) is 2.09. The summed E-state index contributed by atoms with van der Waals surface area (Å²) in [5.41, 5.74) is 0.309. The number of unbranched alkanes of at least 4 members (excludes halogenated alkanes) is 1. The lowest BCUT2D eigenvalue weighted by molar-refractivity contribution is 0.107. The number of rotatable bonds is 7. The molecule has 1 atom stereocenters. The quantitative estimate of drug-likeness (QED) is 0.542. The van der Waals surface area contributed by atoms with Gasteiger partial charge in [-0.05, 0) is 27.2 Å². The summed E-state index contributed by atoms with van der Waals surface area (Å²) in [5, 5.41) is 0.633. The van der Waals surface area contributed by atoms with E-state index in [-0.39, 0.29) is 14.1 Å². The molecule has 0 heterocycles. The molecule has 6 heteroatoms. The summed E-state index contributed by atoms with van der Waals surface area (Å²) in [5.74, 6) is 0.661. The largest absolute Gasteiger partial charge is 0.494 e. The molecule has 1 aromatic rings. The molecule has 0 spiro atoms. The summed E-state index contributed by atoms with van der Waals surface area (Å²) >= 11 is 12.1. The van der Waals surface area contributed by atoms with E-state index in [1.807, 2.05) is 0 Å². The maximum absolute atomic E-state index is 12.3. The van der Waals surface area contributed by atoms with Gasteiger partial charge in [-0.3, -0.25) is 4.79 Å². The molecule has 19 heavy (non-hydrogen) atoms. The van der Waals surface area contributed by atoms with Gasteiger partial charge in [0.05, 0.1) is 24.3 Å². The van der Waals surface area contributed by atoms with Crippen molar-refractivity contribution in [3.8, 4) is 11.5 Å². The van der Waals surface area contributed by atoms with Crippen LogP contribution in [0.4, 0.5) is 0 Å². The standard InChI is InChI=1S/C13H17Cl2O3P/c1-4-5-6-19-13(16)10-11(17-2)8(14)7-9(15)12(10)18-3/h7,19H,4-6H2,1-3H3. The van der Waals surface area contributed by atoms with Gasteiger partial charge in [-0.2, -0.15) is 0 Å². The molecule has 0 saturated carbocycles. The maximum atomic E-state index is 12.3. The molecule has 1 unspecified atom stereocenters. The Bertz CT molecular complexity index is 435. The Balaban J connectivity index is 3.18. The molecule has 0 amide bonds. The Hall–Kier alpha value is -0.500. The minimum Gasteiger partial charge on any atom is -0.494 e. The van der Waals surface area contributed by atoms with Crippen molar-refractivity contribution < 1.29 is 14.3 Å². The average Bonchev–Trinajstić information content (AvgIpc) is 2.38. The highest BCUT2D eigenvalue weighted by atomic mass is 35.5. The number of hydrogen-bond acceptors (Lipinski definition) is 3. The minimum atomic E-state index is -0.0356. The summed E-state index contributed by atoms with van der Waals surface area (Å²) in [6.07, 6.45) is 2.93. The van der Waals surface area contributed by atoms with Crippen LogP contribution in [0.5, 0.6) is 11.5 Å². The first-order valence-electron chi connectivity index (χ1n) is 5.94. The predicted octanol–water partition coefficient (Wildman–Crippen LogP) is 4.63. The lowest BCUT2D eigenvalue weighted by atomic mass is 10.2. The Kier molecular flexibility index (Phi) is 6.92. The molecule has 1 rings (SSSR count). The Morgan fingerprint density at radius 1 is 1.21 bits per heavy atom. The third-order valence-corrected chi connectivity index (χ3v) is 4.33. The van der Waals surface area contributed by atoms with E-state index in [0.29, 0.717) is 27.1 Å². The number of carbonyl (C=O) groups is 1. The highest BCUT2D eigenvalue weighted by Crippen LogP contribution is 2.43. The second kappa shape index (κ2) is 7.94. The fourth-order valence-corrected chi connectivity index (χ4v) is 3.44. The van der Waals surface area contributed by atoms with Crippen molar-refractivity contribution >= 4 is 37.3 Å². The van der Waals surface area contributed by atoms with Crippen LogP contribution in [0.15, 0.2) is 6.07 Å². The van der Waals surface area contributed by atoms with Crippen LogP contribution in [0.3, 0.4) is 0 Å². The third-order valence-electron chi connectivity index (χ3n) is 2.59. The van der Waals surface area contributed by atoms with Gasteiger partial charge in [-0.1, -0.05) is 36.5 Å². The Morgan fingerprint density at radius 2 is 1.74 bits per heavy atom. The number of benzene rings is 1. The molecule has 0 fully saturated rings. The number of ether oxygens (including phenoxy) is 2. The van der Waals surface area contributed by atoms with E-state index >= 15 is 0 Å². The Labute approximate surface area is 125 Å². The van der Waals surface area contributed by atoms with Gasteiger partial charge >= 0.3 is 0 Å². The SMILES string of the molecule is CCCCPC(=O)c1c(OC)c(Cl)cc(Cl)c1OC. The maximum Gasteiger partial charge on any atom is 0.188 e. The first-order valence-corrected chi connectivity index (χ1v) is 7.91. The van der Waals surface area contributed by atoms with Crippen molar-refractivity contribution in [2.75, 3.05) is 20.4 Å². The lowest BCUT2D eigenvalue weighted by Crippen LogP contribution is -2.03. The van der Waals surface area contributed by atoms with Crippen LogP contribution in [0.1, 0.15) is 30.1 Å². The van der Waals surface area contributed by atoms with E-state index in [2.05, 4.69) is 6.92 Å². The third kappa shape index (κ3) is 3.98. The van der Waals surface area contributed by atoms with Crippen molar-refractivity contribution in [2.45, 2.75) is 19.8 Å². The van der Waals surface area contributed by atoms with Gasteiger partial charge in [-0.25, -0.2) is 0 Å². The minimum absolute atomic E-state index is 0.0356. The topological polar surface area (TPSA) is 35.5 Å². The highest BCUT2D eigenvalue weighted by molar-refractivity contribution is 7.58. The monoisotopic (exact) mass is 322 g/mol. The van der Waals surface area contributed by atoms with Crippen LogP contribution in [0.25, 0.3) is 0 Å². The van der Waals surface area contributed by atoms with Crippen molar-refractivity contribution in [3.05, 3.63) is 21.7 Å². The second-order valence-electron chi connectivity index (χ2n) is 3.89. The number of hydrogen-bond donors (Lipinski definition) is 0. The Morgan fingerprint density at radius 3 is 2.16 bits per heavy atom. The molecule has 0 bridgehead atoms. The zero-order chi connectivity index (χ0) is 14.4. The zero-order valence-corrected chi connectivity index (χ0v) is 13.7. The van der Waals surface area contributed by atoms with E-state index in [4.69, 9.17) is 32.7 Å². The van der Waals surface area contributed by atoms with Gasteiger partial charge < -0.3 is 9.47 Å². The molecule has 0 saturated heterocycles. The normalized spacial score (nSPS) is 11.0. The van der Waals surface area contributed by atoms with Crippen molar-refractivity contribution in [3.63, 3.8) is 0 Å². The molecule has 0 radical (unpaired) electrons. The van der Waals surface area contributed by atoms with Gasteiger partial charge in [0.15, 0.2) is 17.0 Å². The molecular weight excluding hydrogens is 306 g/mol. The van der Waals surface area contributed by atoms with Gasteiger partial charge in [0.25, 0.3) is 0 Å². The van der Waals surface area contributed by atoms with Gasteiger partial charge in [-0.15, -0.1) is 0 Å². The van der Waals surface area contributed by atoms with E-state index in [1.165, 1.54) is 20.3 Å². The van der Waals surface area contributed by atoms with E-state index in [9.17, 15) is 4.79 Å². The molecular formula is C13H17Cl2O3P. The fraction of sp³-hybridized carbons (Fsp3) is 0.462. The number of halogens is 2. The van der Waals surface area contributed by atoms with Crippen LogP contribution in [0.2, 0.25) is 10.0 Å². The molecule has 0 aliphatic carbocycles. The molecule has 106 valence electrons. The van der Waals surface area contributed by atoms with Crippen LogP contribution in [-0.2, 0) is 0 Å². The van der Waals surface area contributed by atoms with Crippen molar-refractivity contribution in [1.82, 2.24) is 0 Å². The van der Waals surface area contributed by atoms with Crippen LogP contribution >= 0.6 is 31.8 Å². The molecule has 1 aromatic carbocycles. The fourth-order valence-electron chi connectivity index (χ4n) is 1.66. The summed E-state index contributed by atoms with van der Waals surface area (Å²) in [4.78, 5) is 12.3. The first-order chi connectivity index (χ1) is 9.06. The van der Waals surface area contributed by atoms with Crippen molar-refractivity contribution in [1.29, 1.82) is 0 Å². The average molecular weight is 323 g/mol. The number of carbonyl (C=O) groups excluding carboxylic acids is 1. The van der Waals surface area contributed by atoms with Crippen molar-refractivity contribution in [2.24, 2.45) is 0 Å². The molecule has 3 nitrogen and oxygen atoms in total. The smallest absolute Gasteiger partial charge is 0.188 e. The summed E-state index contributed by atoms with van der Waals surface area (Å²) < 4.78 is 10.4. The van der Waals surface area contributed by atoms with Gasteiger partial charge in [0.1, 0.15) is 5.56 Å². The van der Waals surface area contributed by atoms with E-state index < -0.39 is 0 Å². The summed E-state index contributed by atoms with van der Waals surface area (Å²) in [6, 6.07) is 1.52. The molecule has 0 aromatic heterocycles. The van der Waals surface area contributed by atoms with E-state index in [1.54, 1.807) is 0 Å². The van der Waals surface area contributed by atoms with Crippen LogP contribution < -0.4 is 9.47 Å². The highest BCUT2D eigenvalue weighted by Gasteiger charge is 2.23. The predicted molar refractivity (Wildman–Crippen MR) is 82.0 cm³/mol. The van der Waals surface area contributed by atoms with Gasteiger partial charge in [0.2, 0.25) is 0 Å². The number of methoxy groups -OCH3 is 2. The summed E-state index contributed by atoms with van der Waals surface area (Å²) in [7, 11) is 3.11. The van der Waals surface area contributed by atoms with Crippen LogP contribution in [-0.4, -0.2) is 25.9 Å². The molecule has 0 aliphatic rings. The zero-order valence-electron chi connectivity index (χ0n) is 11.2. The lowest BCUT2D eigenvalue weighted by Gasteiger charge is -2.15. The first kappa shape index (κ1) is 16.6. The molecule has 0 N–H and O–H groups in total. The van der Waals surface area contributed by atoms with Crippen LogP contribution in [0, 0.1) is 0 Å². The van der Waals surface area contributed by atoms with Gasteiger partial charge in [0, 0.05) is 0 Å². The van der Waals surface area contributed by atoms with E-state index in [0.717, 1.165) is 19.0 Å². The molecule has 0 aliphatic heterocycles.